The second kappa shape index (κ2) is 10.5. The lowest BCUT2D eigenvalue weighted by molar-refractivity contribution is 0.0519. The van der Waals surface area contributed by atoms with Crippen LogP contribution in [0.1, 0.15) is 57.1 Å². The van der Waals surface area contributed by atoms with Gasteiger partial charge in [-0.2, -0.15) is 0 Å². The minimum Gasteiger partial charge on any atom is -0.494 e. The van der Waals surface area contributed by atoms with Crippen molar-refractivity contribution in [2.45, 2.75) is 40.8 Å². The fraction of sp³-hybridized carbons (Fsp3) is 0.333. The van der Waals surface area contributed by atoms with Crippen LogP contribution >= 0.6 is 0 Å². The fourth-order valence-electron chi connectivity index (χ4n) is 4.13. The van der Waals surface area contributed by atoms with Crippen molar-refractivity contribution in [1.82, 2.24) is 9.88 Å². The maximum atomic E-state index is 13.6. The van der Waals surface area contributed by atoms with Gasteiger partial charge in [0.2, 0.25) is 6.79 Å². The molecule has 8 nitrogen and oxygen atoms in total. The second-order valence-electron chi connectivity index (χ2n) is 8.26. The highest BCUT2D eigenvalue weighted by Gasteiger charge is 2.24. The molecular formula is C27H30N2O6. The number of carbonyl (C=O) groups excluding carboxylic acids is 2. The van der Waals surface area contributed by atoms with Crippen molar-refractivity contribution in [3.05, 3.63) is 76.1 Å². The van der Waals surface area contributed by atoms with Crippen LogP contribution in [-0.2, 0) is 17.8 Å². The number of hydrogen-bond acceptors (Lipinski definition) is 6. The van der Waals surface area contributed by atoms with Gasteiger partial charge >= 0.3 is 5.97 Å². The second-order valence-corrected chi connectivity index (χ2v) is 8.26. The van der Waals surface area contributed by atoms with Gasteiger partial charge < -0.3 is 28.8 Å². The van der Waals surface area contributed by atoms with Crippen molar-refractivity contribution in [2.24, 2.45) is 0 Å². The Balaban J connectivity index is 1.65. The Labute approximate surface area is 204 Å². The van der Waals surface area contributed by atoms with Crippen LogP contribution in [-0.4, -0.2) is 41.8 Å². The number of fused-ring (bicyclic) bond motifs is 1. The topological polar surface area (TPSA) is 90.1 Å². The number of ether oxygens (including phenoxy) is 4. The highest BCUT2D eigenvalue weighted by molar-refractivity contribution is 5.94. The van der Waals surface area contributed by atoms with Crippen LogP contribution in [0.5, 0.6) is 17.2 Å². The standard InChI is InChI=1S/C27H30N2O6/c1-5-32-21-10-8-20(9-11-21)26(30)29(14-19-7-12-23-24(13-19)35-16-34-23)15-22-17(3)25(28-18(22)4)27(31)33-6-2/h7-13,28H,5-6,14-16H2,1-4H3. The number of hydrogen-bond donors (Lipinski definition) is 1. The van der Waals surface area contributed by atoms with E-state index in [1.165, 1.54) is 0 Å². The molecule has 4 rings (SSSR count). The zero-order chi connectivity index (χ0) is 24.9. The van der Waals surface area contributed by atoms with E-state index in [1.807, 2.05) is 39.0 Å². The molecular weight excluding hydrogens is 448 g/mol. The molecule has 2 heterocycles. The van der Waals surface area contributed by atoms with Crippen molar-refractivity contribution >= 4 is 11.9 Å². The molecule has 184 valence electrons. The molecule has 1 aliphatic heterocycles. The summed E-state index contributed by atoms with van der Waals surface area (Å²) < 4.78 is 21.6. The molecule has 0 saturated heterocycles. The third-order valence-corrected chi connectivity index (χ3v) is 5.93. The molecule has 8 heteroatoms. The van der Waals surface area contributed by atoms with E-state index in [0.717, 1.165) is 22.4 Å². The Morgan fingerprint density at radius 2 is 1.71 bits per heavy atom. The van der Waals surface area contributed by atoms with Gasteiger partial charge in [0.05, 0.1) is 13.2 Å². The lowest BCUT2D eigenvalue weighted by atomic mass is 10.1. The molecule has 1 N–H and O–H groups in total. The number of carbonyl (C=O) groups is 2. The number of amides is 1. The summed E-state index contributed by atoms with van der Waals surface area (Å²) in [5.41, 5.74) is 4.34. The van der Waals surface area contributed by atoms with Crippen LogP contribution in [0.15, 0.2) is 42.5 Å². The number of benzene rings is 2. The van der Waals surface area contributed by atoms with Gasteiger partial charge in [-0.3, -0.25) is 4.79 Å². The first kappa shape index (κ1) is 24.2. The SMILES string of the molecule is CCOC(=O)c1[nH]c(C)c(CN(Cc2ccc3c(c2)OCO3)C(=O)c2ccc(OCC)cc2)c1C. The molecule has 1 aliphatic rings. The van der Waals surface area contributed by atoms with E-state index in [9.17, 15) is 9.59 Å². The molecule has 0 bridgehead atoms. The van der Waals surface area contributed by atoms with Gasteiger partial charge in [-0.15, -0.1) is 0 Å². The number of rotatable bonds is 9. The highest BCUT2D eigenvalue weighted by Crippen LogP contribution is 2.33. The van der Waals surface area contributed by atoms with Crippen molar-refractivity contribution in [2.75, 3.05) is 20.0 Å². The Kier molecular flexibility index (Phi) is 7.29. The van der Waals surface area contributed by atoms with Gasteiger partial charge in [-0.05, 0) is 80.8 Å². The molecule has 1 aromatic heterocycles. The first-order chi connectivity index (χ1) is 16.9. The van der Waals surface area contributed by atoms with Crippen LogP contribution in [0.4, 0.5) is 0 Å². The van der Waals surface area contributed by atoms with Gasteiger partial charge in [0.1, 0.15) is 11.4 Å². The molecule has 0 spiro atoms. The maximum Gasteiger partial charge on any atom is 0.355 e. The Bertz CT molecular complexity index is 1220. The molecule has 0 fully saturated rings. The van der Waals surface area contributed by atoms with E-state index < -0.39 is 5.97 Å². The normalized spacial score (nSPS) is 11.9. The smallest absolute Gasteiger partial charge is 0.355 e. The summed E-state index contributed by atoms with van der Waals surface area (Å²) in [4.78, 5) is 30.9. The van der Waals surface area contributed by atoms with Crippen LogP contribution in [0, 0.1) is 13.8 Å². The monoisotopic (exact) mass is 478 g/mol. The minimum atomic E-state index is -0.403. The quantitative estimate of drug-likeness (QED) is 0.445. The molecule has 35 heavy (non-hydrogen) atoms. The molecule has 2 aromatic carbocycles. The Morgan fingerprint density at radius 1 is 0.971 bits per heavy atom. The third kappa shape index (κ3) is 5.26. The third-order valence-electron chi connectivity index (χ3n) is 5.93. The Hall–Kier alpha value is -3.94. The summed E-state index contributed by atoms with van der Waals surface area (Å²) in [5.74, 6) is 1.52. The fourth-order valence-corrected chi connectivity index (χ4v) is 4.13. The summed E-state index contributed by atoms with van der Waals surface area (Å²) in [6.07, 6.45) is 0. The first-order valence-electron chi connectivity index (χ1n) is 11.7. The van der Waals surface area contributed by atoms with Crippen LogP contribution in [0.25, 0.3) is 0 Å². The average Bonchev–Trinajstić information content (AvgIpc) is 3.43. The van der Waals surface area contributed by atoms with E-state index in [0.29, 0.717) is 48.2 Å². The van der Waals surface area contributed by atoms with E-state index >= 15 is 0 Å². The van der Waals surface area contributed by atoms with Gasteiger partial charge in [-0.25, -0.2) is 4.79 Å². The van der Waals surface area contributed by atoms with Crippen LogP contribution in [0.3, 0.4) is 0 Å². The summed E-state index contributed by atoms with van der Waals surface area (Å²) >= 11 is 0. The number of aromatic nitrogens is 1. The zero-order valence-corrected chi connectivity index (χ0v) is 20.5. The summed E-state index contributed by atoms with van der Waals surface area (Å²) in [7, 11) is 0. The van der Waals surface area contributed by atoms with E-state index in [-0.39, 0.29) is 19.3 Å². The predicted octanol–water partition coefficient (Wildman–Crippen LogP) is 4.78. The maximum absolute atomic E-state index is 13.6. The van der Waals surface area contributed by atoms with Crippen molar-refractivity contribution < 1.29 is 28.5 Å². The zero-order valence-electron chi connectivity index (χ0n) is 20.5. The number of H-pyrrole nitrogens is 1. The lowest BCUT2D eigenvalue weighted by Crippen LogP contribution is -2.30. The summed E-state index contributed by atoms with van der Waals surface area (Å²) in [5, 5.41) is 0. The molecule has 0 saturated carbocycles. The van der Waals surface area contributed by atoms with E-state index in [2.05, 4.69) is 4.98 Å². The molecule has 0 unspecified atom stereocenters. The Morgan fingerprint density at radius 3 is 2.43 bits per heavy atom. The minimum absolute atomic E-state index is 0.136. The van der Waals surface area contributed by atoms with Gasteiger partial charge in [0.25, 0.3) is 5.91 Å². The number of nitrogens with zero attached hydrogens (tertiary/aromatic N) is 1. The number of esters is 1. The van der Waals surface area contributed by atoms with Crippen LogP contribution in [0.2, 0.25) is 0 Å². The predicted molar refractivity (Wildman–Crippen MR) is 130 cm³/mol. The average molecular weight is 479 g/mol. The summed E-state index contributed by atoms with van der Waals surface area (Å²) in [6, 6.07) is 12.8. The number of nitrogens with one attached hydrogen (secondary N) is 1. The van der Waals surface area contributed by atoms with Gasteiger partial charge in [-0.1, -0.05) is 6.07 Å². The molecule has 0 radical (unpaired) electrons. The lowest BCUT2D eigenvalue weighted by Gasteiger charge is -2.24. The summed E-state index contributed by atoms with van der Waals surface area (Å²) in [6.45, 7) is 9.14. The van der Waals surface area contributed by atoms with Crippen LogP contribution < -0.4 is 14.2 Å². The van der Waals surface area contributed by atoms with Crippen molar-refractivity contribution in [3.8, 4) is 17.2 Å². The van der Waals surface area contributed by atoms with E-state index in [1.54, 1.807) is 36.1 Å². The van der Waals surface area contributed by atoms with Crippen molar-refractivity contribution in [3.63, 3.8) is 0 Å². The molecule has 1 amide bonds. The molecule has 0 atom stereocenters. The molecule has 3 aromatic rings. The van der Waals surface area contributed by atoms with Crippen molar-refractivity contribution in [1.29, 1.82) is 0 Å². The van der Waals surface area contributed by atoms with Gasteiger partial charge in [0.15, 0.2) is 11.5 Å². The molecule has 0 aliphatic carbocycles. The number of aromatic amines is 1. The largest absolute Gasteiger partial charge is 0.494 e. The van der Waals surface area contributed by atoms with E-state index in [4.69, 9.17) is 18.9 Å². The highest BCUT2D eigenvalue weighted by atomic mass is 16.7. The number of aryl methyl sites for hydroxylation is 1. The van der Waals surface area contributed by atoms with Gasteiger partial charge in [0, 0.05) is 24.3 Å². The first-order valence-corrected chi connectivity index (χ1v) is 11.7.